The minimum atomic E-state index is -0.0207. The minimum Gasteiger partial charge on any atom is -0.354 e. The first kappa shape index (κ1) is 21.7. The Bertz CT molecular complexity index is 681. The standard InChI is InChI=1S/C18H26N4O.2ClH/c1-13(2)22-16-9-4-3-7-14(16)21-17(22)10-12-20-18(23)15-8-5-6-11-19-15;;/h3-4,7,9,13,15,19H,5-6,8,10-12H2,1-2H3,(H,20,23);2*1H/t15-;;/m1../s1. The zero-order chi connectivity index (χ0) is 16.2. The molecule has 2 heterocycles. The van der Waals surface area contributed by atoms with Gasteiger partial charge in [0.15, 0.2) is 0 Å². The van der Waals surface area contributed by atoms with E-state index in [4.69, 9.17) is 4.98 Å². The van der Waals surface area contributed by atoms with E-state index in [-0.39, 0.29) is 36.8 Å². The summed E-state index contributed by atoms with van der Waals surface area (Å²) < 4.78 is 2.26. The summed E-state index contributed by atoms with van der Waals surface area (Å²) in [7, 11) is 0. The molecule has 1 aromatic heterocycles. The van der Waals surface area contributed by atoms with E-state index in [1.165, 1.54) is 6.42 Å². The van der Waals surface area contributed by atoms with E-state index >= 15 is 0 Å². The second kappa shape index (κ2) is 10.00. The Hall–Kier alpha value is -1.30. The summed E-state index contributed by atoms with van der Waals surface area (Å²) in [5, 5.41) is 6.34. The molecule has 1 aliphatic rings. The van der Waals surface area contributed by atoms with Gasteiger partial charge in [-0.1, -0.05) is 18.6 Å². The van der Waals surface area contributed by atoms with Crippen LogP contribution in [0, 0.1) is 0 Å². The molecule has 0 aliphatic carbocycles. The van der Waals surface area contributed by atoms with Crippen molar-refractivity contribution in [1.82, 2.24) is 20.2 Å². The van der Waals surface area contributed by atoms with E-state index in [1.54, 1.807) is 0 Å². The maximum Gasteiger partial charge on any atom is 0.237 e. The molecule has 1 saturated heterocycles. The predicted octanol–water partition coefficient (Wildman–Crippen LogP) is 3.26. The Morgan fingerprint density at radius 3 is 2.76 bits per heavy atom. The normalized spacial score (nSPS) is 17.0. The third-order valence-electron chi connectivity index (χ3n) is 4.46. The Morgan fingerprint density at radius 1 is 1.32 bits per heavy atom. The van der Waals surface area contributed by atoms with Crippen molar-refractivity contribution in [3.8, 4) is 0 Å². The third kappa shape index (κ3) is 5.09. The van der Waals surface area contributed by atoms with Crippen LogP contribution >= 0.6 is 24.8 Å². The number of hydrogen-bond donors (Lipinski definition) is 2. The average molecular weight is 387 g/mol. The second-order valence-electron chi connectivity index (χ2n) is 6.52. The number of amides is 1. The SMILES string of the molecule is CC(C)n1c(CCNC(=O)[C@H]2CCCCN2)nc2ccccc21.Cl.Cl. The molecule has 0 bridgehead atoms. The topological polar surface area (TPSA) is 59.0 Å². The van der Waals surface area contributed by atoms with E-state index in [0.29, 0.717) is 12.6 Å². The molecule has 2 N–H and O–H groups in total. The molecule has 1 fully saturated rings. The van der Waals surface area contributed by atoms with E-state index < -0.39 is 0 Å². The fourth-order valence-electron chi connectivity index (χ4n) is 3.34. The molecule has 5 nitrogen and oxygen atoms in total. The predicted molar refractivity (Wildman–Crippen MR) is 107 cm³/mol. The van der Waals surface area contributed by atoms with Crippen molar-refractivity contribution >= 4 is 41.8 Å². The number of halogens is 2. The molecule has 0 spiro atoms. The van der Waals surface area contributed by atoms with Crippen LogP contribution < -0.4 is 10.6 Å². The average Bonchev–Trinajstić information content (AvgIpc) is 2.94. The summed E-state index contributed by atoms with van der Waals surface area (Å²) in [6.45, 7) is 5.92. The summed E-state index contributed by atoms with van der Waals surface area (Å²) in [5.74, 6) is 1.16. The highest BCUT2D eigenvalue weighted by atomic mass is 35.5. The molecule has 25 heavy (non-hydrogen) atoms. The number of para-hydroxylation sites is 2. The van der Waals surface area contributed by atoms with Crippen LogP contribution in [0.1, 0.15) is 45.0 Å². The first-order valence-corrected chi connectivity index (χ1v) is 8.64. The molecule has 1 aromatic carbocycles. The Labute approximate surface area is 161 Å². The fourth-order valence-corrected chi connectivity index (χ4v) is 3.34. The van der Waals surface area contributed by atoms with Gasteiger partial charge in [0.25, 0.3) is 0 Å². The van der Waals surface area contributed by atoms with Crippen LogP contribution in [0.5, 0.6) is 0 Å². The van der Waals surface area contributed by atoms with Gasteiger partial charge in [0.2, 0.25) is 5.91 Å². The van der Waals surface area contributed by atoms with Crippen molar-refractivity contribution in [3.63, 3.8) is 0 Å². The van der Waals surface area contributed by atoms with E-state index in [1.807, 2.05) is 18.2 Å². The number of imidazole rings is 1. The van der Waals surface area contributed by atoms with Crippen LogP contribution in [0.25, 0.3) is 11.0 Å². The molecule has 1 atom stereocenters. The molecule has 0 saturated carbocycles. The van der Waals surface area contributed by atoms with Crippen LogP contribution in [-0.2, 0) is 11.2 Å². The quantitative estimate of drug-likeness (QED) is 0.828. The highest BCUT2D eigenvalue weighted by molar-refractivity contribution is 5.85. The van der Waals surface area contributed by atoms with Crippen molar-refractivity contribution in [2.24, 2.45) is 0 Å². The fraction of sp³-hybridized carbons (Fsp3) is 0.556. The summed E-state index contributed by atoms with van der Waals surface area (Å²) in [6.07, 6.45) is 4.00. The Kier molecular flexibility index (Phi) is 8.69. The summed E-state index contributed by atoms with van der Waals surface area (Å²) in [5.41, 5.74) is 2.19. The van der Waals surface area contributed by atoms with Crippen LogP contribution in [0.2, 0.25) is 0 Å². The number of aromatic nitrogens is 2. The van der Waals surface area contributed by atoms with Gasteiger partial charge >= 0.3 is 0 Å². The first-order chi connectivity index (χ1) is 11.2. The van der Waals surface area contributed by atoms with Crippen LogP contribution in [0.3, 0.4) is 0 Å². The second-order valence-corrected chi connectivity index (χ2v) is 6.52. The van der Waals surface area contributed by atoms with Gasteiger partial charge in [-0.3, -0.25) is 4.79 Å². The number of carbonyl (C=O) groups is 1. The number of piperidine rings is 1. The number of nitrogens with one attached hydrogen (secondary N) is 2. The molecule has 1 aliphatic heterocycles. The van der Waals surface area contributed by atoms with Gasteiger partial charge in [-0.25, -0.2) is 4.98 Å². The maximum absolute atomic E-state index is 12.2. The van der Waals surface area contributed by atoms with Crippen molar-refractivity contribution in [2.45, 2.75) is 51.6 Å². The number of carbonyl (C=O) groups excluding carboxylic acids is 1. The number of benzene rings is 1. The highest BCUT2D eigenvalue weighted by Crippen LogP contribution is 2.21. The van der Waals surface area contributed by atoms with Gasteiger partial charge < -0.3 is 15.2 Å². The van der Waals surface area contributed by atoms with Gasteiger partial charge in [0, 0.05) is 19.0 Å². The summed E-state index contributed by atoms with van der Waals surface area (Å²) in [4.78, 5) is 16.9. The molecule has 140 valence electrons. The Balaban J connectivity index is 0.00000156. The molecular formula is C18H28Cl2N4O. The van der Waals surface area contributed by atoms with Crippen molar-refractivity contribution in [2.75, 3.05) is 13.1 Å². The lowest BCUT2D eigenvalue weighted by atomic mass is 10.0. The van der Waals surface area contributed by atoms with Gasteiger partial charge in [0.1, 0.15) is 5.82 Å². The lowest BCUT2D eigenvalue weighted by molar-refractivity contribution is -0.123. The maximum atomic E-state index is 12.2. The molecular weight excluding hydrogens is 359 g/mol. The van der Waals surface area contributed by atoms with Crippen LogP contribution in [0.15, 0.2) is 24.3 Å². The number of rotatable bonds is 5. The highest BCUT2D eigenvalue weighted by Gasteiger charge is 2.20. The van der Waals surface area contributed by atoms with E-state index in [9.17, 15) is 4.79 Å². The monoisotopic (exact) mass is 386 g/mol. The van der Waals surface area contributed by atoms with Crippen molar-refractivity contribution < 1.29 is 4.79 Å². The van der Waals surface area contributed by atoms with Gasteiger partial charge in [-0.2, -0.15) is 0 Å². The number of nitrogens with zero attached hydrogens (tertiary/aromatic N) is 2. The van der Waals surface area contributed by atoms with Crippen molar-refractivity contribution in [1.29, 1.82) is 0 Å². The smallest absolute Gasteiger partial charge is 0.237 e. The molecule has 1 amide bonds. The Morgan fingerprint density at radius 2 is 2.08 bits per heavy atom. The largest absolute Gasteiger partial charge is 0.354 e. The molecule has 0 unspecified atom stereocenters. The van der Waals surface area contributed by atoms with E-state index in [0.717, 1.165) is 42.7 Å². The van der Waals surface area contributed by atoms with Crippen LogP contribution in [-0.4, -0.2) is 34.6 Å². The van der Waals surface area contributed by atoms with Crippen LogP contribution in [0.4, 0.5) is 0 Å². The molecule has 0 radical (unpaired) electrons. The molecule has 7 heteroatoms. The first-order valence-electron chi connectivity index (χ1n) is 8.64. The zero-order valence-corrected chi connectivity index (χ0v) is 16.5. The zero-order valence-electron chi connectivity index (χ0n) is 14.8. The van der Waals surface area contributed by atoms with Crippen molar-refractivity contribution in [3.05, 3.63) is 30.1 Å². The summed E-state index contributed by atoms with van der Waals surface area (Å²) >= 11 is 0. The van der Waals surface area contributed by atoms with Gasteiger partial charge in [-0.05, 0) is 45.4 Å². The summed E-state index contributed by atoms with van der Waals surface area (Å²) in [6, 6.07) is 8.54. The third-order valence-corrected chi connectivity index (χ3v) is 4.46. The van der Waals surface area contributed by atoms with Gasteiger partial charge in [-0.15, -0.1) is 24.8 Å². The molecule has 2 aromatic rings. The lowest BCUT2D eigenvalue weighted by Gasteiger charge is -2.22. The molecule has 3 rings (SSSR count). The van der Waals surface area contributed by atoms with E-state index in [2.05, 4.69) is 35.1 Å². The lowest BCUT2D eigenvalue weighted by Crippen LogP contribution is -2.47. The minimum absolute atomic E-state index is 0. The van der Waals surface area contributed by atoms with Gasteiger partial charge in [0.05, 0.1) is 17.1 Å². The number of fused-ring (bicyclic) bond motifs is 1. The number of hydrogen-bond acceptors (Lipinski definition) is 3.